The van der Waals surface area contributed by atoms with Gasteiger partial charge in [0.15, 0.2) is 0 Å². The van der Waals surface area contributed by atoms with Gasteiger partial charge in [-0.2, -0.15) is 5.10 Å². The van der Waals surface area contributed by atoms with E-state index in [2.05, 4.69) is 20.1 Å². The van der Waals surface area contributed by atoms with Crippen molar-refractivity contribution in [1.82, 2.24) is 20.1 Å². The van der Waals surface area contributed by atoms with Crippen molar-refractivity contribution >= 4 is 13.1 Å². The van der Waals surface area contributed by atoms with Crippen molar-refractivity contribution in [2.24, 2.45) is 0 Å². The Morgan fingerprint density at radius 2 is 2.32 bits per heavy atom. The van der Waals surface area contributed by atoms with E-state index in [4.69, 9.17) is 9.39 Å². The minimum absolute atomic E-state index is 0.0232. The first-order chi connectivity index (χ1) is 12.1. The summed E-state index contributed by atoms with van der Waals surface area (Å²) in [5, 5.41) is 25.8. The molecule has 9 nitrogen and oxygen atoms in total. The van der Waals surface area contributed by atoms with Crippen LogP contribution < -0.4 is 9.39 Å². The van der Waals surface area contributed by atoms with Crippen LogP contribution >= 0.6 is 0 Å². The highest BCUT2D eigenvalue weighted by Gasteiger charge is 2.33. The fourth-order valence-corrected chi connectivity index (χ4v) is 3.14. The highest BCUT2D eigenvalue weighted by molar-refractivity contribution is 6.44. The van der Waals surface area contributed by atoms with Crippen LogP contribution in [0, 0.1) is 0 Å². The Morgan fingerprint density at radius 3 is 3.04 bits per heavy atom. The number of fused-ring (bicyclic) bond motifs is 1. The molecule has 3 N–H and O–H groups in total. The highest BCUT2D eigenvalue weighted by atomic mass is 16.5. The zero-order valence-corrected chi connectivity index (χ0v) is 13.4. The molecule has 1 aromatic carbocycles. The molecule has 0 bridgehead atoms. The maximum Gasteiger partial charge on any atom is 0.522 e. The second-order valence-electron chi connectivity index (χ2n) is 6.21. The topological polar surface area (TPSA) is 121 Å². The van der Waals surface area contributed by atoms with Gasteiger partial charge in [0.1, 0.15) is 35.3 Å². The van der Waals surface area contributed by atoms with Crippen LogP contribution in [0.1, 0.15) is 21.7 Å². The molecule has 2 aromatic rings. The van der Waals surface area contributed by atoms with Crippen molar-refractivity contribution in [3.05, 3.63) is 35.4 Å². The van der Waals surface area contributed by atoms with Crippen LogP contribution in [-0.2, 0) is 13.0 Å². The summed E-state index contributed by atoms with van der Waals surface area (Å²) in [6.07, 6.45) is 2.38. The molecule has 0 saturated carbocycles. The summed E-state index contributed by atoms with van der Waals surface area (Å²) in [6, 6.07) is 3.47. The van der Waals surface area contributed by atoms with Crippen molar-refractivity contribution in [2.75, 3.05) is 13.1 Å². The van der Waals surface area contributed by atoms with Crippen molar-refractivity contribution in [2.45, 2.75) is 25.4 Å². The van der Waals surface area contributed by atoms with Gasteiger partial charge in [0.05, 0.1) is 6.54 Å². The summed E-state index contributed by atoms with van der Waals surface area (Å²) >= 11 is 0. The minimum atomic E-state index is -1.13. The molecule has 2 aliphatic rings. The lowest BCUT2D eigenvalue weighted by molar-refractivity contribution is 0.0120. The number of aryl methyl sites for hydroxylation is 1. The molecule has 2 aliphatic heterocycles. The fraction of sp³-hybridized carbons (Fsp3) is 0.400. The van der Waals surface area contributed by atoms with Crippen LogP contribution in [0.4, 0.5) is 0 Å². The van der Waals surface area contributed by atoms with E-state index in [1.165, 1.54) is 6.33 Å². The monoisotopic (exact) mass is 344 g/mol. The molecule has 3 heterocycles. The molecule has 130 valence electrons. The Labute approximate surface area is 143 Å². The van der Waals surface area contributed by atoms with Gasteiger partial charge < -0.3 is 19.5 Å². The summed E-state index contributed by atoms with van der Waals surface area (Å²) < 4.78 is 11.2. The third-order valence-electron chi connectivity index (χ3n) is 4.38. The van der Waals surface area contributed by atoms with Crippen LogP contribution in [0.25, 0.3) is 0 Å². The molecule has 0 aliphatic carbocycles. The van der Waals surface area contributed by atoms with Gasteiger partial charge in [0.25, 0.3) is 0 Å². The van der Waals surface area contributed by atoms with Gasteiger partial charge in [0, 0.05) is 13.1 Å². The van der Waals surface area contributed by atoms with Crippen LogP contribution in [0.5, 0.6) is 11.5 Å². The molecule has 1 aromatic heterocycles. The van der Waals surface area contributed by atoms with Crippen LogP contribution in [-0.4, -0.2) is 62.5 Å². The first kappa shape index (κ1) is 15.9. The average molecular weight is 344 g/mol. The first-order valence-corrected chi connectivity index (χ1v) is 8.07. The van der Waals surface area contributed by atoms with Crippen LogP contribution in [0.2, 0.25) is 6.32 Å². The number of carboxylic acids is 1. The molecule has 0 amide bonds. The molecule has 10 heteroatoms. The Bertz CT molecular complexity index is 778. The number of carbonyl (C=O) groups is 1. The number of hydrogen-bond donors (Lipinski definition) is 3. The summed E-state index contributed by atoms with van der Waals surface area (Å²) in [6.45, 7) is 1.98. The third kappa shape index (κ3) is 3.18. The number of nitrogens with zero attached hydrogens (tertiary/aromatic N) is 3. The maximum absolute atomic E-state index is 11.7. The average Bonchev–Trinajstić information content (AvgIpc) is 3.05. The van der Waals surface area contributed by atoms with Gasteiger partial charge >= 0.3 is 13.1 Å². The highest BCUT2D eigenvalue weighted by Crippen LogP contribution is 2.37. The summed E-state index contributed by atoms with van der Waals surface area (Å²) in [7, 11) is -0.984. The normalized spacial score (nSPS) is 17.6. The molecule has 25 heavy (non-hydrogen) atoms. The van der Waals surface area contributed by atoms with Crippen molar-refractivity contribution in [1.29, 1.82) is 0 Å². The van der Waals surface area contributed by atoms with Gasteiger partial charge in [-0.25, -0.2) is 9.78 Å². The zero-order chi connectivity index (χ0) is 17.4. The van der Waals surface area contributed by atoms with E-state index in [1.807, 2.05) is 0 Å². The standard InChI is InChI=1S/C15H17BN4O5/c21-15(22)13-11(2-1-9-3-4-16(23)25-14(9)13)24-10-5-20(6-10)7-12-17-8-18-19-12/h1-2,8,10,23H,3-7H2,(H,21,22)(H,17,18,19). The Balaban J connectivity index is 1.46. The summed E-state index contributed by atoms with van der Waals surface area (Å²) in [5.74, 6) is 0.130. The third-order valence-corrected chi connectivity index (χ3v) is 4.38. The van der Waals surface area contributed by atoms with E-state index in [9.17, 15) is 14.9 Å². The van der Waals surface area contributed by atoms with Crippen molar-refractivity contribution < 1.29 is 24.3 Å². The first-order valence-electron chi connectivity index (χ1n) is 8.07. The minimum Gasteiger partial charge on any atom is -0.535 e. The summed E-state index contributed by atoms with van der Waals surface area (Å²) in [4.78, 5) is 17.9. The number of benzene rings is 1. The van der Waals surface area contributed by atoms with Crippen LogP contribution in [0.3, 0.4) is 0 Å². The molecule has 4 rings (SSSR count). The van der Waals surface area contributed by atoms with E-state index < -0.39 is 13.1 Å². The number of aromatic nitrogens is 3. The number of rotatable bonds is 5. The SMILES string of the molecule is O=C(O)c1c(OC2CN(Cc3ncn[nH]3)C2)ccc2c1OB(O)CC2. The number of carboxylic acid groups (broad SMARTS) is 1. The summed E-state index contributed by atoms with van der Waals surface area (Å²) in [5.41, 5.74) is 0.750. The van der Waals surface area contributed by atoms with E-state index >= 15 is 0 Å². The maximum atomic E-state index is 11.7. The van der Waals surface area contributed by atoms with E-state index in [0.717, 1.165) is 11.4 Å². The fourth-order valence-electron chi connectivity index (χ4n) is 3.14. The number of aromatic carboxylic acids is 1. The van der Waals surface area contributed by atoms with Gasteiger partial charge in [-0.05, 0) is 24.4 Å². The molecule has 0 unspecified atom stereocenters. The second-order valence-corrected chi connectivity index (χ2v) is 6.21. The van der Waals surface area contributed by atoms with Gasteiger partial charge in [0.2, 0.25) is 0 Å². The van der Waals surface area contributed by atoms with E-state index in [-0.39, 0.29) is 23.2 Å². The lowest BCUT2D eigenvalue weighted by atomic mass is 9.78. The lowest BCUT2D eigenvalue weighted by Gasteiger charge is -2.38. The number of H-pyrrole nitrogens is 1. The zero-order valence-electron chi connectivity index (χ0n) is 13.4. The van der Waals surface area contributed by atoms with E-state index in [0.29, 0.717) is 32.4 Å². The molecule has 1 saturated heterocycles. The van der Waals surface area contributed by atoms with Gasteiger partial charge in [-0.15, -0.1) is 0 Å². The van der Waals surface area contributed by atoms with E-state index in [1.54, 1.807) is 12.1 Å². The quantitative estimate of drug-likeness (QED) is 0.657. The molecular weight excluding hydrogens is 327 g/mol. The lowest BCUT2D eigenvalue weighted by Crippen LogP contribution is -2.53. The number of nitrogens with one attached hydrogen (secondary N) is 1. The molecule has 0 atom stereocenters. The number of hydrogen-bond acceptors (Lipinski definition) is 7. The van der Waals surface area contributed by atoms with Gasteiger partial charge in [-0.3, -0.25) is 10.00 Å². The Hall–Kier alpha value is -2.59. The number of aromatic amines is 1. The smallest absolute Gasteiger partial charge is 0.522 e. The molecule has 1 fully saturated rings. The largest absolute Gasteiger partial charge is 0.535 e. The van der Waals surface area contributed by atoms with Crippen LogP contribution in [0.15, 0.2) is 18.5 Å². The molecular formula is C15H17BN4O5. The number of ether oxygens (including phenoxy) is 1. The second kappa shape index (κ2) is 6.38. The Morgan fingerprint density at radius 1 is 1.48 bits per heavy atom. The predicted octanol–water partition coefficient (Wildman–Crippen LogP) is 0.181. The van der Waals surface area contributed by atoms with Crippen molar-refractivity contribution in [3.63, 3.8) is 0 Å². The predicted molar refractivity (Wildman–Crippen MR) is 86.6 cm³/mol. The van der Waals surface area contributed by atoms with Crippen molar-refractivity contribution in [3.8, 4) is 11.5 Å². The molecule has 0 radical (unpaired) electrons. The molecule has 0 spiro atoms. The number of likely N-dealkylation sites (tertiary alicyclic amines) is 1. The Kier molecular flexibility index (Phi) is 4.06. The van der Waals surface area contributed by atoms with Gasteiger partial charge in [-0.1, -0.05) is 6.07 Å².